The molecule has 1 fully saturated rings. The average molecular weight is 334 g/mol. The van der Waals surface area contributed by atoms with Crippen LogP contribution in [-0.2, 0) is 4.74 Å². The molecular weight excluding hydrogens is 316 g/mol. The molecule has 11 heteroatoms. The molecule has 0 radical (unpaired) electrons. The van der Waals surface area contributed by atoms with Gasteiger partial charge in [-0.25, -0.2) is 4.98 Å². The monoisotopic (exact) mass is 334 g/mol. The summed E-state index contributed by atoms with van der Waals surface area (Å²) in [6.07, 6.45) is 0.787. The average Bonchev–Trinajstić information content (AvgIpc) is 3.10. The number of nitrogen functional groups attached to an aromatic ring is 1. The Hall–Kier alpha value is -2.62. The van der Waals surface area contributed by atoms with Crippen molar-refractivity contribution in [1.29, 1.82) is 0 Å². The van der Waals surface area contributed by atoms with Crippen LogP contribution in [0.4, 0.5) is 5.95 Å². The van der Waals surface area contributed by atoms with Gasteiger partial charge in [-0.1, -0.05) is 5.11 Å². The predicted molar refractivity (Wildman–Crippen MR) is 84.0 cm³/mol. The van der Waals surface area contributed by atoms with Gasteiger partial charge < -0.3 is 20.3 Å². The topological polar surface area (TPSA) is 157 Å². The lowest BCUT2D eigenvalue weighted by molar-refractivity contribution is -0.0232. The van der Waals surface area contributed by atoms with Crippen LogP contribution in [0.3, 0.4) is 0 Å². The number of nitrogens with zero attached hydrogens (tertiary/aromatic N) is 7. The molecule has 1 saturated heterocycles. The molecule has 0 spiro atoms. The number of aliphatic hydroxyl groups is 1. The van der Waals surface area contributed by atoms with Gasteiger partial charge in [0.15, 0.2) is 11.2 Å². The van der Waals surface area contributed by atoms with E-state index in [0.717, 1.165) is 0 Å². The highest BCUT2D eigenvalue weighted by molar-refractivity contribution is 5.77. The van der Waals surface area contributed by atoms with E-state index in [1.165, 1.54) is 0 Å². The van der Waals surface area contributed by atoms with Gasteiger partial charge in [-0.05, 0) is 19.4 Å². The second kappa shape index (κ2) is 6.48. The van der Waals surface area contributed by atoms with E-state index in [1.54, 1.807) is 10.9 Å². The Kier molecular flexibility index (Phi) is 4.38. The van der Waals surface area contributed by atoms with Crippen LogP contribution in [0, 0.1) is 0 Å². The van der Waals surface area contributed by atoms with E-state index < -0.39 is 18.4 Å². The third kappa shape index (κ3) is 2.92. The summed E-state index contributed by atoms with van der Waals surface area (Å²) in [4.78, 5) is 15.4. The molecule has 1 aliphatic rings. The highest BCUT2D eigenvalue weighted by Crippen LogP contribution is 2.34. The minimum Gasteiger partial charge on any atom is -0.473 e. The molecule has 128 valence electrons. The highest BCUT2D eigenvalue weighted by atomic mass is 16.5. The maximum atomic E-state index is 9.38. The van der Waals surface area contributed by atoms with Crippen molar-refractivity contribution in [2.45, 2.75) is 44.7 Å². The van der Waals surface area contributed by atoms with Gasteiger partial charge in [0.25, 0.3) is 0 Å². The lowest BCUT2D eigenvalue weighted by Gasteiger charge is -2.14. The number of aromatic nitrogens is 4. The zero-order chi connectivity index (χ0) is 17.3. The molecule has 0 aliphatic carbocycles. The van der Waals surface area contributed by atoms with Gasteiger partial charge in [0, 0.05) is 11.3 Å². The Morgan fingerprint density at radius 2 is 2.38 bits per heavy atom. The lowest BCUT2D eigenvalue weighted by Crippen LogP contribution is -2.22. The van der Waals surface area contributed by atoms with Gasteiger partial charge in [-0.2, -0.15) is 9.97 Å². The molecule has 11 nitrogen and oxygen atoms in total. The normalized spacial score (nSPS) is 23.6. The first-order chi connectivity index (χ1) is 11.5. The second-order valence-corrected chi connectivity index (χ2v) is 5.70. The summed E-state index contributed by atoms with van der Waals surface area (Å²) in [5, 5.41) is 13.1. The number of hydrogen-bond donors (Lipinski definition) is 2. The molecular formula is C13H18N8O3. The smallest absolute Gasteiger partial charge is 0.247 e. The minimum atomic E-state index is -0.575. The van der Waals surface area contributed by atoms with Gasteiger partial charge in [0.05, 0.1) is 31.2 Å². The predicted octanol–water partition coefficient (Wildman–Crippen LogP) is 1.15. The standard InChI is InChI=1S/C13H18N8O3/c1-6(2)23-12-10-11(17-13(14)18-12)21(5-16-10)9-3-7(19-20-15)8(4-22)24-9/h5-9,22H,3-4H2,1-2H3,(H2,14,17,18). The largest absolute Gasteiger partial charge is 0.473 e. The molecule has 0 amide bonds. The van der Waals surface area contributed by atoms with E-state index in [0.29, 0.717) is 23.5 Å². The van der Waals surface area contributed by atoms with Crippen LogP contribution >= 0.6 is 0 Å². The fourth-order valence-electron chi connectivity index (χ4n) is 2.66. The Balaban J connectivity index is 1.99. The lowest BCUT2D eigenvalue weighted by atomic mass is 10.1. The number of imidazole rings is 1. The number of aliphatic hydroxyl groups excluding tert-OH is 1. The Bertz CT molecular complexity index is 785. The van der Waals surface area contributed by atoms with Crippen LogP contribution in [0.2, 0.25) is 0 Å². The van der Waals surface area contributed by atoms with Crippen molar-refractivity contribution in [3.8, 4) is 5.88 Å². The second-order valence-electron chi connectivity index (χ2n) is 5.70. The Morgan fingerprint density at radius 1 is 1.58 bits per heavy atom. The maximum Gasteiger partial charge on any atom is 0.247 e. The minimum absolute atomic E-state index is 0.0585. The Labute approximate surface area is 137 Å². The van der Waals surface area contributed by atoms with E-state index in [9.17, 15) is 5.11 Å². The van der Waals surface area contributed by atoms with Crippen molar-refractivity contribution in [3.63, 3.8) is 0 Å². The first-order valence-corrected chi connectivity index (χ1v) is 7.50. The molecule has 2 aromatic heterocycles. The molecule has 0 aromatic carbocycles. The van der Waals surface area contributed by atoms with Crippen LogP contribution in [0.25, 0.3) is 21.6 Å². The highest BCUT2D eigenvalue weighted by Gasteiger charge is 2.36. The van der Waals surface area contributed by atoms with Crippen LogP contribution in [0.15, 0.2) is 11.4 Å². The number of hydrogen-bond acceptors (Lipinski definition) is 8. The van der Waals surface area contributed by atoms with Gasteiger partial charge in [0.2, 0.25) is 11.8 Å². The summed E-state index contributed by atoms with van der Waals surface area (Å²) < 4.78 is 13.1. The van der Waals surface area contributed by atoms with Crippen molar-refractivity contribution in [3.05, 3.63) is 16.8 Å². The van der Waals surface area contributed by atoms with E-state index in [1.807, 2.05) is 13.8 Å². The maximum absolute atomic E-state index is 9.38. The number of nitrogens with two attached hydrogens (primary N) is 1. The van der Waals surface area contributed by atoms with Crippen molar-refractivity contribution >= 4 is 17.1 Å². The van der Waals surface area contributed by atoms with Gasteiger partial charge in [0.1, 0.15) is 6.23 Å². The number of fused-ring (bicyclic) bond motifs is 1. The number of azide groups is 1. The summed E-state index contributed by atoms with van der Waals surface area (Å²) in [6.45, 7) is 3.50. The molecule has 3 unspecified atom stereocenters. The number of ether oxygens (including phenoxy) is 2. The summed E-state index contributed by atoms with van der Waals surface area (Å²) >= 11 is 0. The van der Waals surface area contributed by atoms with Crippen molar-refractivity contribution < 1.29 is 14.6 Å². The molecule has 0 bridgehead atoms. The van der Waals surface area contributed by atoms with Crippen molar-refractivity contribution in [2.75, 3.05) is 12.3 Å². The summed E-state index contributed by atoms with van der Waals surface area (Å²) in [5.41, 5.74) is 15.3. The van der Waals surface area contributed by atoms with Crippen LogP contribution in [-0.4, -0.2) is 49.5 Å². The quantitative estimate of drug-likeness (QED) is 0.471. The molecule has 3 rings (SSSR count). The fourth-order valence-corrected chi connectivity index (χ4v) is 2.66. The molecule has 1 aliphatic heterocycles. The van der Waals surface area contributed by atoms with E-state index in [-0.39, 0.29) is 18.7 Å². The van der Waals surface area contributed by atoms with Gasteiger partial charge in [-0.3, -0.25) is 4.57 Å². The first kappa shape index (κ1) is 16.2. The fraction of sp³-hybridized carbons (Fsp3) is 0.615. The number of rotatable bonds is 5. The van der Waals surface area contributed by atoms with Gasteiger partial charge >= 0.3 is 0 Å². The summed E-state index contributed by atoms with van der Waals surface area (Å²) in [7, 11) is 0. The summed E-state index contributed by atoms with van der Waals surface area (Å²) in [6, 6.07) is -0.465. The zero-order valence-corrected chi connectivity index (χ0v) is 13.3. The molecule has 3 N–H and O–H groups in total. The molecule has 3 atom stereocenters. The Morgan fingerprint density at radius 3 is 3.04 bits per heavy atom. The van der Waals surface area contributed by atoms with E-state index >= 15 is 0 Å². The van der Waals surface area contributed by atoms with Crippen molar-refractivity contribution in [1.82, 2.24) is 19.5 Å². The van der Waals surface area contributed by atoms with E-state index in [2.05, 4.69) is 25.0 Å². The van der Waals surface area contributed by atoms with Crippen molar-refractivity contribution in [2.24, 2.45) is 5.11 Å². The zero-order valence-electron chi connectivity index (χ0n) is 13.3. The van der Waals surface area contributed by atoms with Crippen LogP contribution in [0.1, 0.15) is 26.5 Å². The molecule has 2 aromatic rings. The third-order valence-corrected chi connectivity index (χ3v) is 3.65. The molecule has 3 heterocycles. The van der Waals surface area contributed by atoms with Crippen LogP contribution in [0.5, 0.6) is 5.88 Å². The third-order valence-electron chi connectivity index (χ3n) is 3.65. The van der Waals surface area contributed by atoms with Gasteiger partial charge in [-0.15, -0.1) is 0 Å². The van der Waals surface area contributed by atoms with Crippen LogP contribution < -0.4 is 10.5 Å². The first-order valence-electron chi connectivity index (χ1n) is 7.50. The van der Waals surface area contributed by atoms with E-state index in [4.69, 9.17) is 20.7 Å². The molecule has 0 saturated carbocycles. The summed E-state index contributed by atoms with van der Waals surface area (Å²) in [5.74, 6) is 0.359. The SMILES string of the molecule is CC(C)Oc1nc(N)nc2c1ncn2C1CC(N=[N+]=[N-])C(CO)O1. The molecule has 24 heavy (non-hydrogen) atoms. The number of anilines is 1.